The third kappa shape index (κ3) is 2.98. The molecule has 3 atom stereocenters. The molecule has 1 saturated carbocycles. The fourth-order valence-electron chi connectivity index (χ4n) is 1.87. The first-order valence-corrected chi connectivity index (χ1v) is 5.59. The molecule has 0 aromatic heterocycles. The Balaban J connectivity index is 2.21. The average Bonchev–Trinajstić information content (AvgIpc) is 2.07. The van der Waals surface area contributed by atoms with Gasteiger partial charge in [-0.15, -0.1) is 0 Å². The molecule has 0 amide bonds. The summed E-state index contributed by atoms with van der Waals surface area (Å²) in [5, 5.41) is 0. The zero-order chi connectivity index (χ0) is 8.97. The summed E-state index contributed by atoms with van der Waals surface area (Å²) in [5.41, 5.74) is 0. The fraction of sp³-hybridized carbons (Fsp3) is 1.00. The molecule has 1 nitrogen and oxygen atoms in total. The van der Waals surface area contributed by atoms with Gasteiger partial charge in [-0.3, -0.25) is 0 Å². The summed E-state index contributed by atoms with van der Waals surface area (Å²) in [6.07, 6.45) is 4.34. The minimum absolute atomic E-state index is 0.517. The molecule has 0 aliphatic heterocycles. The standard InChI is InChI=1S/C10H20OS/c1-8-3-4-10(7-9(8)2)11-5-6-12/h8-10,12H,3-7H2,1-2H3. The summed E-state index contributed by atoms with van der Waals surface area (Å²) in [6.45, 7) is 5.50. The van der Waals surface area contributed by atoms with Crippen molar-refractivity contribution in [1.29, 1.82) is 0 Å². The molecule has 0 N–H and O–H groups in total. The number of hydrogen-bond donors (Lipinski definition) is 1. The smallest absolute Gasteiger partial charge is 0.0578 e. The van der Waals surface area contributed by atoms with Gasteiger partial charge in [-0.25, -0.2) is 0 Å². The normalized spacial score (nSPS) is 36.8. The molecule has 0 aromatic carbocycles. The van der Waals surface area contributed by atoms with Crippen LogP contribution in [0.5, 0.6) is 0 Å². The molecule has 0 saturated heterocycles. The SMILES string of the molecule is CC1CCC(OCCS)CC1C. The van der Waals surface area contributed by atoms with E-state index >= 15 is 0 Å². The molecule has 12 heavy (non-hydrogen) atoms. The lowest BCUT2D eigenvalue weighted by molar-refractivity contribution is 0.0109. The molecule has 0 radical (unpaired) electrons. The van der Waals surface area contributed by atoms with E-state index < -0.39 is 0 Å². The van der Waals surface area contributed by atoms with E-state index in [0.717, 1.165) is 24.2 Å². The largest absolute Gasteiger partial charge is 0.377 e. The third-order valence-corrected chi connectivity index (χ3v) is 3.18. The molecule has 2 heteroatoms. The van der Waals surface area contributed by atoms with Crippen LogP contribution in [0.2, 0.25) is 0 Å². The number of rotatable bonds is 3. The predicted octanol–water partition coefficient (Wildman–Crippen LogP) is 2.76. The average molecular weight is 188 g/mol. The molecule has 0 aromatic rings. The Labute approximate surface area is 81.3 Å². The van der Waals surface area contributed by atoms with E-state index in [0.29, 0.717) is 6.10 Å². The van der Waals surface area contributed by atoms with Crippen molar-refractivity contribution in [3.05, 3.63) is 0 Å². The molecule has 72 valence electrons. The van der Waals surface area contributed by atoms with Gasteiger partial charge < -0.3 is 4.74 Å². The number of hydrogen-bond acceptors (Lipinski definition) is 2. The minimum atomic E-state index is 0.517. The van der Waals surface area contributed by atoms with Gasteiger partial charge in [0, 0.05) is 5.75 Å². The summed E-state index contributed by atoms with van der Waals surface area (Å²) < 4.78 is 5.67. The highest BCUT2D eigenvalue weighted by atomic mass is 32.1. The van der Waals surface area contributed by atoms with Crippen molar-refractivity contribution < 1.29 is 4.74 Å². The van der Waals surface area contributed by atoms with Gasteiger partial charge in [0.1, 0.15) is 0 Å². The first kappa shape index (κ1) is 10.4. The molecular formula is C10H20OS. The van der Waals surface area contributed by atoms with Crippen molar-refractivity contribution in [2.45, 2.75) is 39.2 Å². The van der Waals surface area contributed by atoms with Gasteiger partial charge in [-0.05, 0) is 31.1 Å². The minimum Gasteiger partial charge on any atom is -0.377 e. The lowest BCUT2D eigenvalue weighted by atomic mass is 9.80. The Hall–Kier alpha value is 0.310. The zero-order valence-corrected chi connectivity index (χ0v) is 9.02. The van der Waals surface area contributed by atoms with Crippen LogP contribution >= 0.6 is 12.6 Å². The van der Waals surface area contributed by atoms with Crippen LogP contribution in [-0.2, 0) is 4.74 Å². The second-order valence-corrected chi connectivity index (χ2v) is 4.43. The summed E-state index contributed by atoms with van der Waals surface area (Å²) in [6, 6.07) is 0. The summed E-state index contributed by atoms with van der Waals surface area (Å²) in [7, 11) is 0. The quantitative estimate of drug-likeness (QED) is 0.670. The molecule has 1 rings (SSSR count). The maximum atomic E-state index is 5.67. The second kappa shape index (κ2) is 5.13. The Bertz CT molecular complexity index is 125. The van der Waals surface area contributed by atoms with Crippen molar-refractivity contribution in [2.24, 2.45) is 11.8 Å². The summed E-state index contributed by atoms with van der Waals surface area (Å²) in [4.78, 5) is 0. The van der Waals surface area contributed by atoms with Crippen molar-refractivity contribution in [3.8, 4) is 0 Å². The van der Waals surface area contributed by atoms with Crippen LogP contribution in [0.4, 0.5) is 0 Å². The third-order valence-electron chi connectivity index (χ3n) is 2.99. The first-order chi connectivity index (χ1) is 5.74. The van der Waals surface area contributed by atoms with Gasteiger partial charge in [-0.1, -0.05) is 13.8 Å². The molecular weight excluding hydrogens is 168 g/mol. The zero-order valence-electron chi connectivity index (χ0n) is 8.12. The van der Waals surface area contributed by atoms with Crippen LogP contribution in [0.3, 0.4) is 0 Å². The predicted molar refractivity (Wildman–Crippen MR) is 55.8 cm³/mol. The van der Waals surface area contributed by atoms with Crippen LogP contribution in [0.25, 0.3) is 0 Å². The van der Waals surface area contributed by atoms with Crippen LogP contribution < -0.4 is 0 Å². The van der Waals surface area contributed by atoms with Crippen molar-refractivity contribution >= 4 is 12.6 Å². The van der Waals surface area contributed by atoms with Gasteiger partial charge in [0.15, 0.2) is 0 Å². The van der Waals surface area contributed by atoms with Crippen molar-refractivity contribution in [2.75, 3.05) is 12.4 Å². The highest BCUT2D eigenvalue weighted by Gasteiger charge is 2.24. The molecule has 0 spiro atoms. The van der Waals surface area contributed by atoms with Crippen molar-refractivity contribution in [3.63, 3.8) is 0 Å². The monoisotopic (exact) mass is 188 g/mol. The van der Waals surface area contributed by atoms with E-state index in [1.54, 1.807) is 0 Å². The van der Waals surface area contributed by atoms with E-state index in [1.807, 2.05) is 0 Å². The van der Waals surface area contributed by atoms with Crippen molar-refractivity contribution in [1.82, 2.24) is 0 Å². The van der Waals surface area contributed by atoms with Gasteiger partial charge in [-0.2, -0.15) is 12.6 Å². The highest BCUT2D eigenvalue weighted by Crippen LogP contribution is 2.30. The molecule has 1 fully saturated rings. The lowest BCUT2D eigenvalue weighted by Gasteiger charge is -2.31. The molecule has 0 bridgehead atoms. The summed E-state index contributed by atoms with van der Waals surface area (Å²) >= 11 is 4.14. The fourth-order valence-corrected chi connectivity index (χ4v) is 1.97. The molecule has 0 heterocycles. The Morgan fingerprint density at radius 1 is 1.25 bits per heavy atom. The number of thiol groups is 1. The summed E-state index contributed by atoms with van der Waals surface area (Å²) in [5.74, 6) is 2.57. The van der Waals surface area contributed by atoms with Crippen LogP contribution in [-0.4, -0.2) is 18.5 Å². The first-order valence-electron chi connectivity index (χ1n) is 4.96. The van der Waals surface area contributed by atoms with E-state index in [-0.39, 0.29) is 0 Å². The second-order valence-electron chi connectivity index (χ2n) is 3.98. The molecule has 3 unspecified atom stereocenters. The van der Waals surface area contributed by atoms with Crippen LogP contribution in [0.1, 0.15) is 33.1 Å². The highest BCUT2D eigenvalue weighted by molar-refractivity contribution is 7.80. The molecule has 1 aliphatic rings. The van der Waals surface area contributed by atoms with E-state index in [2.05, 4.69) is 26.5 Å². The van der Waals surface area contributed by atoms with E-state index in [9.17, 15) is 0 Å². The van der Waals surface area contributed by atoms with Gasteiger partial charge in [0.2, 0.25) is 0 Å². The van der Waals surface area contributed by atoms with E-state index in [4.69, 9.17) is 4.74 Å². The van der Waals surface area contributed by atoms with Gasteiger partial charge >= 0.3 is 0 Å². The van der Waals surface area contributed by atoms with E-state index in [1.165, 1.54) is 19.3 Å². The number of ether oxygens (including phenoxy) is 1. The van der Waals surface area contributed by atoms with Gasteiger partial charge in [0.05, 0.1) is 12.7 Å². The molecule has 1 aliphatic carbocycles. The topological polar surface area (TPSA) is 9.23 Å². The van der Waals surface area contributed by atoms with Crippen LogP contribution in [0.15, 0.2) is 0 Å². The van der Waals surface area contributed by atoms with Gasteiger partial charge in [0.25, 0.3) is 0 Å². The maximum absolute atomic E-state index is 5.67. The Morgan fingerprint density at radius 3 is 2.58 bits per heavy atom. The van der Waals surface area contributed by atoms with Crippen LogP contribution in [0, 0.1) is 11.8 Å². The maximum Gasteiger partial charge on any atom is 0.0578 e. The lowest BCUT2D eigenvalue weighted by Crippen LogP contribution is -2.27. The Morgan fingerprint density at radius 2 is 2.00 bits per heavy atom. The Kier molecular flexibility index (Phi) is 4.44.